The van der Waals surface area contributed by atoms with Crippen molar-refractivity contribution in [3.63, 3.8) is 0 Å². The van der Waals surface area contributed by atoms with Crippen molar-refractivity contribution in [1.29, 1.82) is 0 Å². The molecule has 0 saturated carbocycles. The van der Waals surface area contributed by atoms with Gasteiger partial charge in [-0.1, -0.05) is 30.3 Å². The molecule has 0 aliphatic rings. The minimum atomic E-state index is -1.00. The number of nitrogens with one attached hydrogen (secondary N) is 1. The van der Waals surface area contributed by atoms with Crippen LogP contribution in [0.4, 0.5) is 5.69 Å². The lowest BCUT2D eigenvalue weighted by molar-refractivity contribution is -0.162. The molecular formula is C22H27NO5. The summed E-state index contributed by atoms with van der Waals surface area (Å²) in [7, 11) is 1.61. The normalized spacial score (nSPS) is 11.6. The first kappa shape index (κ1) is 21.3. The Labute approximate surface area is 165 Å². The van der Waals surface area contributed by atoms with Crippen LogP contribution in [-0.2, 0) is 19.1 Å². The van der Waals surface area contributed by atoms with Crippen LogP contribution < -0.4 is 10.1 Å². The molecule has 28 heavy (non-hydrogen) atoms. The average molecular weight is 385 g/mol. The highest BCUT2D eigenvalue weighted by Gasteiger charge is 2.33. The number of carbonyl (C=O) groups excluding carboxylic acids is 2. The molecule has 0 aromatic heterocycles. The zero-order valence-corrected chi connectivity index (χ0v) is 16.5. The SMILES string of the molecule is CCOC(=O)C(C[C@H](Nc1ccc(OC)cc1)c1ccccc1)C(=O)OCC. The molecule has 0 unspecified atom stereocenters. The summed E-state index contributed by atoms with van der Waals surface area (Å²) in [6.45, 7) is 3.84. The van der Waals surface area contributed by atoms with Crippen molar-refractivity contribution in [2.75, 3.05) is 25.6 Å². The fourth-order valence-electron chi connectivity index (χ4n) is 2.86. The average Bonchev–Trinajstić information content (AvgIpc) is 2.72. The first-order chi connectivity index (χ1) is 13.6. The third kappa shape index (κ3) is 6.01. The number of benzene rings is 2. The van der Waals surface area contributed by atoms with Crippen molar-refractivity contribution < 1.29 is 23.8 Å². The van der Waals surface area contributed by atoms with Crippen LogP contribution in [0.1, 0.15) is 31.9 Å². The fourth-order valence-corrected chi connectivity index (χ4v) is 2.86. The van der Waals surface area contributed by atoms with Crippen molar-refractivity contribution in [1.82, 2.24) is 0 Å². The molecule has 1 atom stereocenters. The van der Waals surface area contributed by atoms with Crippen LogP contribution in [0.2, 0.25) is 0 Å². The zero-order chi connectivity index (χ0) is 20.4. The quantitative estimate of drug-likeness (QED) is 0.493. The van der Waals surface area contributed by atoms with Gasteiger partial charge in [-0.05, 0) is 50.1 Å². The molecule has 6 nitrogen and oxygen atoms in total. The predicted octanol–water partition coefficient (Wildman–Crippen LogP) is 3.98. The second kappa shape index (κ2) is 11.0. The number of hydrogen-bond acceptors (Lipinski definition) is 6. The van der Waals surface area contributed by atoms with Gasteiger partial charge in [-0.15, -0.1) is 0 Å². The van der Waals surface area contributed by atoms with Gasteiger partial charge in [-0.25, -0.2) is 0 Å². The number of rotatable bonds is 10. The molecule has 0 amide bonds. The van der Waals surface area contributed by atoms with E-state index in [9.17, 15) is 9.59 Å². The maximum absolute atomic E-state index is 12.4. The molecular weight excluding hydrogens is 358 g/mol. The van der Waals surface area contributed by atoms with E-state index in [1.54, 1.807) is 21.0 Å². The molecule has 0 radical (unpaired) electrons. The van der Waals surface area contributed by atoms with Gasteiger partial charge in [0.1, 0.15) is 5.75 Å². The van der Waals surface area contributed by atoms with Crippen LogP contribution >= 0.6 is 0 Å². The van der Waals surface area contributed by atoms with Crippen LogP contribution in [0.15, 0.2) is 54.6 Å². The van der Waals surface area contributed by atoms with Crippen molar-refractivity contribution in [3.8, 4) is 5.75 Å². The molecule has 2 rings (SSSR count). The second-order valence-corrected chi connectivity index (χ2v) is 6.13. The molecule has 2 aromatic rings. The third-order valence-corrected chi connectivity index (χ3v) is 4.25. The highest BCUT2D eigenvalue weighted by molar-refractivity contribution is 5.95. The van der Waals surface area contributed by atoms with E-state index in [1.807, 2.05) is 54.6 Å². The summed E-state index contributed by atoms with van der Waals surface area (Å²) >= 11 is 0. The smallest absolute Gasteiger partial charge is 0.320 e. The van der Waals surface area contributed by atoms with Crippen LogP contribution in [0, 0.1) is 5.92 Å². The van der Waals surface area contributed by atoms with Crippen molar-refractivity contribution >= 4 is 17.6 Å². The van der Waals surface area contributed by atoms with E-state index in [2.05, 4.69) is 5.32 Å². The number of anilines is 1. The Hall–Kier alpha value is -3.02. The first-order valence-electron chi connectivity index (χ1n) is 9.37. The number of ether oxygens (including phenoxy) is 3. The molecule has 0 saturated heterocycles. The maximum Gasteiger partial charge on any atom is 0.320 e. The third-order valence-electron chi connectivity index (χ3n) is 4.25. The van der Waals surface area contributed by atoms with Gasteiger partial charge in [0.25, 0.3) is 0 Å². The Morgan fingerprint density at radius 1 is 0.893 bits per heavy atom. The number of carbonyl (C=O) groups is 2. The molecule has 1 N–H and O–H groups in total. The van der Waals surface area contributed by atoms with E-state index in [4.69, 9.17) is 14.2 Å². The molecule has 2 aromatic carbocycles. The number of methoxy groups -OCH3 is 1. The van der Waals surface area contributed by atoms with Crippen molar-refractivity contribution in [2.24, 2.45) is 5.92 Å². The molecule has 0 bridgehead atoms. The maximum atomic E-state index is 12.4. The van der Waals surface area contributed by atoms with Crippen molar-refractivity contribution in [3.05, 3.63) is 60.2 Å². The molecule has 0 fully saturated rings. The summed E-state index contributed by atoms with van der Waals surface area (Å²) in [6, 6.07) is 16.8. The van der Waals surface area contributed by atoms with E-state index in [0.717, 1.165) is 17.0 Å². The second-order valence-electron chi connectivity index (χ2n) is 6.13. The molecule has 0 aliphatic carbocycles. The van der Waals surface area contributed by atoms with E-state index in [1.165, 1.54) is 0 Å². The summed E-state index contributed by atoms with van der Waals surface area (Å²) in [6.07, 6.45) is 0.216. The lowest BCUT2D eigenvalue weighted by Crippen LogP contribution is -2.31. The summed E-state index contributed by atoms with van der Waals surface area (Å²) in [5.41, 5.74) is 1.80. The highest BCUT2D eigenvalue weighted by atomic mass is 16.6. The van der Waals surface area contributed by atoms with Crippen LogP contribution in [-0.4, -0.2) is 32.3 Å². The van der Waals surface area contributed by atoms with Gasteiger partial charge in [0, 0.05) is 5.69 Å². The molecule has 150 valence electrons. The Balaban J connectivity index is 2.28. The Morgan fingerprint density at radius 3 is 1.96 bits per heavy atom. The van der Waals surface area contributed by atoms with Gasteiger partial charge < -0.3 is 19.5 Å². The Morgan fingerprint density at radius 2 is 1.46 bits per heavy atom. The minimum absolute atomic E-state index is 0.205. The van der Waals surface area contributed by atoms with Gasteiger partial charge in [0.2, 0.25) is 0 Å². The van der Waals surface area contributed by atoms with E-state index in [0.29, 0.717) is 0 Å². The standard InChI is InChI=1S/C22H27NO5/c1-4-27-21(24)19(22(25)28-5-2)15-20(16-9-7-6-8-10-16)23-17-11-13-18(26-3)14-12-17/h6-14,19-20,23H,4-5,15H2,1-3H3/t20-/m0/s1. The van der Waals surface area contributed by atoms with E-state index < -0.39 is 17.9 Å². The van der Waals surface area contributed by atoms with Crippen molar-refractivity contribution in [2.45, 2.75) is 26.3 Å². The number of esters is 2. The Kier molecular flexibility index (Phi) is 8.34. The van der Waals surface area contributed by atoms with Crippen LogP contribution in [0.5, 0.6) is 5.75 Å². The van der Waals surface area contributed by atoms with Gasteiger partial charge in [-0.2, -0.15) is 0 Å². The van der Waals surface area contributed by atoms with Gasteiger partial charge in [0.15, 0.2) is 5.92 Å². The van der Waals surface area contributed by atoms with Gasteiger partial charge in [0.05, 0.1) is 26.4 Å². The van der Waals surface area contributed by atoms with E-state index in [-0.39, 0.29) is 25.7 Å². The fraction of sp³-hybridized carbons (Fsp3) is 0.364. The van der Waals surface area contributed by atoms with E-state index >= 15 is 0 Å². The summed E-state index contributed by atoms with van der Waals surface area (Å²) in [4.78, 5) is 24.8. The van der Waals surface area contributed by atoms with Gasteiger partial charge >= 0.3 is 11.9 Å². The Bertz CT molecular complexity index is 727. The zero-order valence-electron chi connectivity index (χ0n) is 16.5. The summed E-state index contributed by atoms with van der Waals surface area (Å²) in [5.74, 6) is -1.40. The molecule has 0 heterocycles. The van der Waals surface area contributed by atoms with Gasteiger partial charge in [-0.3, -0.25) is 9.59 Å². The topological polar surface area (TPSA) is 73.9 Å². The largest absolute Gasteiger partial charge is 0.497 e. The highest BCUT2D eigenvalue weighted by Crippen LogP contribution is 2.28. The minimum Gasteiger partial charge on any atom is -0.497 e. The van der Waals surface area contributed by atoms with Crippen LogP contribution in [0.3, 0.4) is 0 Å². The molecule has 6 heteroatoms. The number of hydrogen-bond donors (Lipinski definition) is 1. The van der Waals surface area contributed by atoms with Crippen LogP contribution in [0.25, 0.3) is 0 Å². The molecule has 0 spiro atoms. The lowest BCUT2D eigenvalue weighted by atomic mass is 9.94. The lowest BCUT2D eigenvalue weighted by Gasteiger charge is -2.24. The first-order valence-corrected chi connectivity index (χ1v) is 9.37. The summed E-state index contributed by atoms with van der Waals surface area (Å²) < 4.78 is 15.4. The molecule has 0 aliphatic heterocycles. The predicted molar refractivity (Wildman–Crippen MR) is 107 cm³/mol. The monoisotopic (exact) mass is 385 g/mol. The summed E-state index contributed by atoms with van der Waals surface area (Å²) in [5, 5.41) is 3.40.